The minimum absolute atomic E-state index is 0.0604. The number of urea groups is 1. The molecule has 2 fully saturated rings. The fourth-order valence-corrected chi connectivity index (χ4v) is 3.49. The largest absolute Gasteiger partial charge is 0.480 e. The lowest BCUT2D eigenvalue weighted by Gasteiger charge is -2.41. The Morgan fingerprint density at radius 3 is 2.84 bits per heavy atom. The van der Waals surface area contributed by atoms with Gasteiger partial charge in [0.05, 0.1) is 19.3 Å². The summed E-state index contributed by atoms with van der Waals surface area (Å²) in [5.41, 5.74) is 0. The summed E-state index contributed by atoms with van der Waals surface area (Å²) in [4.78, 5) is 27.1. The fraction of sp³-hybridized carbons (Fsp3) is 0.833. The summed E-state index contributed by atoms with van der Waals surface area (Å²) < 4.78 is 5.38. The number of carboxylic acid groups (broad SMARTS) is 1. The van der Waals surface area contributed by atoms with Gasteiger partial charge < -0.3 is 19.6 Å². The summed E-state index contributed by atoms with van der Waals surface area (Å²) in [7, 11) is 0. The van der Waals surface area contributed by atoms with Gasteiger partial charge in [-0.05, 0) is 6.42 Å². The zero-order valence-electron chi connectivity index (χ0n) is 11.1. The number of morpholine rings is 1. The number of hydrogen-bond acceptors (Lipinski definition) is 4. The van der Waals surface area contributed by atoms with Crippen LogP contribution in [0.4, 0.5) is 4.79 Å². The second kappa shape index (κ2) is 6.47. The molecule has 19 heavy (non-hydrogen) atoms. The first-order valence-corrected chi connectivity index (χ1v) is 7.76. The zero-order valence-corrected chi connectivity index (χ0v) is 11.9. The van der Waals surface area contributed by atoms with Crippen molar-refractivity contribution in [3.05, 3.63) is 0 Å². The van der Waals surface area contributed by atoms with Gasteiger partial charge in [0.1, 0.15) is 6.04 Å². The highest BCUT2D eigenvalue weighted by Gasteiger charge is 2.37. The monoisotopic (exact) mass is 288 g/mol. The summed E-state index contributed by atoms with van der Waals surface area (Å²) in [5.74, 6) is 0.362. The lowest BCUT2D eigenvalue weighted by molar-refractivity contribution is -0.141. The van der Waals surface area contributed by atoms with Crippen molar-refractivity contribution in [2.45, 2.75) is 25.4 Å². The van der Waals surface area contributed by atoms with Crippen molar-refractivity contribution in [1.82, 2.24) is 9.80 Å². The van der Waals surface area contributed by atoms with Crippen molar-refractivity contribution >= 4 is 23.8 Å². The van der Waals surface area contributed by atoms with E-state index in [2.05, 4.69) is 0 Å². The van der Waals surface area contributed by atoms with Crippen LogP contribution < -0.4 is 0 Å². The molecule has 0 saturated carbocycles. The van der Waals surface area contributed by atoms with Crippen LogP contribution in [0.3, 0.4) is 0 Å². The number of hydrogen-bond donors (Lipinski definition) is 1. The molecule has 2 saturated heterocycles. The van der Waals surface area contributed by atoms with Crippen molar-refractivity contribution in [1.29, 1.82) is 0 Å². The van der Waals surface area contributed by atoms with E-state index in [9.17, 15) is 14.7 Å². The molecule has 2 heterocycles. The van der Waals surface area contributed by atoms with Gasteiger partial charge in [-0.1, -0.05) is 6.92 Å². The van der Waals surface area contributed by atoms with Crippen LogP contribution in [0.25, 0.3) is 0 Å². The lowest BCUT2D eigenvalue weighted by Crippen LogP contribution is -2.59. The maximum Gasteiger partial charge on any atom is 0.327 e. The minimum atomic E-state index is -0.915. The van der Waals surface area contributed by atoms with E-state index in [1.807, 2.05) is 6.92 Å². The first kappa shape index (κ1) is 14.5. The van der Waals surface area contributed by atoms with Crippen LogP contribution in [0.15, 0.2) is 0 Å². The van der Waals surface area contributed by atoms with E-state index in [0.717, 1.165) is 12.2 Å². The van der Waals surface area contributed by atoms with E-state index >= 15 is 0 Å². The molecule has 0 aromatic carbocycles. The summed E-state index contributed by atoms with van der Waals surface area (Å²) >= 11 is 1.59. The Morgan fingerprint density at radius 1 is 1.37 bits per heavy atom. The van der Waals surface area contributed by atoms with Gasteiger partial charge in [-0.25, -0.2) is 9.59 Å². The quantitative estimate of drug-likeness (QED) is 0.811. The molecule has 7 heteroatoms. The second-order valence-electron chi connectivity index (χ2n) is 4.74. The van der Waals surface area contributed by atoms with E-state index in [1.165, 1.54) is 4.90 Å². The average molecular weight is 288 g/mol. The summed E-state index contributed by atoms with van der Waals surface area (Å²) in [5, 5.41) is 9.23. The first-order valence-electron chi connectivity index (χ1n) is 6.60. The number of carboxylic acids is 1. The van der Waals surface area contributed by atoms with Crippen molar-refractivity contribution in [3.63, 3.8) is 0 Å². The van der Waals surface area contributed by atoms with Gasteiger partial charge in [0.25, 0.3) is 0 Å². The smallest absolute Gasteiger partial charge is 0.327 e. The summed E-state index contributed by atoms with van der Waals surface area (Å²) in [6.45, 7) is 4.15. The standard InChI is InChI=1S/C12H20N2O4S/c1-2-9-7-18-5-3-13(9)12(17)14-4-6-19-8-10(14)11(15)16/h9-10H,2-8H2,1H3,(H,15,16). The summed E-state index contributed by atoms with van der Waals surface area (Å²) in [6, 6.07) is -0.792. The van der Waals surface area contributed by atoms with Gasteiger partial charge in [0.15, 0.2) is 0 Å². The average Bonchev–Trinajstić information content (AvgIpc) is 2.46. The number of carbonyl (C=O) groups is 2. The predicted molar refractivity (Wildman–Crippen MR) is 72.5 cm³/mol. The molecule has 2 rings (SSSR count). The Bertz CT molecular complexity index is 353. The van der Waals surface area contributed by atoms with Crippen LogP contribution in [-0.2, 0) is 9.53 Å². The molecule has 0 aliphatic carbocycles. The van der Waals surface area contributed by atoms with Gasteiger partial charge in [0, 0.05) is 24.6 Å². The van der Waals surface area contributed by atoms with Crippen LogP contribution in [0.1, 0.15) is 13.3 Å². The molecule has 2 aliphatic rings. The SMILES string of the molecule is CCC1COCCN1C(=O)N1CCSCC1C(=O)O. The predicted octanol–water partition coefficient (Wildman–Crippen LogP) is 0.719. The van der Waals surface area contributed by atoms with Gasteiger partial charge in [-0.15, -0.1) is 0 Å². The Morgan fingerprint density at radius 2 is 2.16 bits per heavy atom. The van der Waals surface area contributed by atoms with Crippen LogP contribution in [0, 0.1) is 0 Å². The molecule has 0 aromatic heterocycles. The van der Waals surface area contributed by atoms with Gasteiger partial charge in [0.2, 0.25) is 0 Å². The van der Waals surface area contributed by atoms with E-state index in [0.29, 0.717) is 32.1 Å². The van der Waals surface area contributed by atoms with Gasteiger partial charge in [-0.2, -0.15) is 11.8 Å². The molecule has 2 unspecified atom stereocenters. The number of ether oxygens (including phenoxy) is 1. The molecular formula is C12H20N2O4S. The van der Waals surface area contributed by atoms with Crippen LogP contribution in [0.5, 0.6) is 0 Å². The third kappa shape index (κ3) is 3.14. The summed E-state index contributed by atoms with van der Waals surface area (Å²) in [6.07, 6.45) is 0.825. The second-order valence-corrected chi connectivity index (χ2v) is 5.89. The molecule has 2 amide bonds. The van der Waals surface area contributed by atoms with Crippen molar-refractivity contribution in [3.8, 4) is 0 Å². The van der Waals surface area contributed by atoms with Gasteiger partial charge >= 0.3 is 12.0 Å². The van der Waals surface area contributed by atoms with Crippen molar-refractivity contribution < 1.29 is 19.4 Å². The molecule has 0 spiro atoms. The van der Waals surface area contributed by atoms with E-state index in [1.54, 1.807) is 16.7 Å². The Kier molecular flexibility index (Phi) is 4.93. The molecule has 0 bridgehead atoms. The maximum atomic E-state index is 12.6. The fourth-order valence-electron chi connectivity index (χ4n) is 2.45. The van der Waals surface area contributed by atoms with Crippen LogP contribution in [-0.4, -0.2) is 76.8 Å². The number of thioether (sulfide) groups is 1. The van der Waals surface area contributed by atoms with E-state index in [-0.39, 0.29) is 12.1 Å². The topological polar surface area (TPSA) is 70.1 Å². The zero-order chi connectivity index (χ0) is 13.8. The number of rotatable bonds is 2. The molecule has 0 aromatic rings. The highest BCUT2D eigenvalue weighted by molar-refractivity contribution is 7.99. The van der Waals surface area contributed by atoms with Crippen LogP contribution in [0.2, 0.25) is 0 Å². The van der Waals surface area contributed by atoms with Gasteiger partial charge in [-0.3, -0.25) is 0 Å². The molecule has 1 N–H and O–H groups in total. The highest BCUT2D eigenvalue weighted by atomic mass is 32.2. The Hall–Kier alpha value is -0.950. The molecule has 108 valence electrons. The third-order valence-corrected chi connectivity index (χ3v) is 4.63. The minimum Gasteiger partial charge on any atom is -0.480 e. The molecule has 0 radical (unpaired) electrons. The van der Waals surface area contributed by atoms with Crippen molar-refractivity contribution in [2.24, 2.45) is 0 Å². The van der Waals surface area contributed by atoms with Crippen LogP contribution >= 0.6 is 11.8 Å². The molecule has 2 atom stereocenters. The number of nitrogens with zero attached hydrogens (tertiary/aromatic N) is 2. The lowest BCUT2D eigenvalue weighted by atomic mass is 10.2. The molecular weight excluding hydrogens is 268 g/mol. The maximum absolute atomic E-state index is 12.6. The Balaban J connectivity index is 2.09. The number of amides is 2. The van der Waals surface area contributed by atoms with E-state index in [4.69, 9.17) is 4.74 Å². The molecule has 2 aliphatic heterocycles. The number of carbonyl (C=O) groups excluding carboxylic acids is 1. The molecule has 6 nitrogen and oxygen atoms in total. The normalized spacial score (nSPS) is 28.3. The number of aliphatic carboxylic acids is 1. The van der Waals surface area contributed by atoms with E-state index < -0.39 is 12.0 Å². The third-order valence-electron chi connectivity index (χ3n) is 3.60. The highest BCUT2D eigenvalue weighted by Crippen LogP contribution is 2.21. The Labute approximate surface area is 117 Å². The van der Waals surface area contributed by atoms with Crippen molar-refractivity contribution in [2.75, 3.05) is 37.8 Å². The first-order chi connectivity index (χ1) is 9.15.